The Labute approximate surface area is 133 Å². The van der Waals surface area contributed by atoms with Crippen molar-refractivity contribution in [1.29, 1.82) is 0 Å². The Kier molecular flexibility index (Phi) is 3.25. The molecule has 20 heavy (non-hydrogen) atoms. The number of hydrogen-bond donors (Lipinski definition) is 1. The summed E-state index contributed by atoms with van der Waals surface area (Å²) in [7, 11) is 0. The van der Waals surface area contributed by atoms with E-state index in [1.165, 1.54) is 11.1 Å². The summed E-state index contributed by atoms with van der Waals surface area (Å²) in [5.41, 5.74) is 2.04. The van der Waals surface area contributed by atoms with Crippen molar-refractivity contribution in [3.05, 3.63) is 27.7 Å². The lowest BCUT2D eigenvalue weighted by Crippen LogP contribution is -2.66. The van der Waals surface area contributed by atoms with Crippen LogP contribution in [0.3, 0.4) is 0 Å². The second kappa shape index (κ2) is 4.60. The number of ether oxygens (including phenoxy) is 1. The zero-order valence-electron chi connectivity index (χ0n) is 12.2. The number of hydrogen-bond acceptors (Lipinski definition) is 2. The summed E-state index contributed by atoms with van der Waals surface area (Å²) in [5, 5.41) is 4.25. The number of rotatable bonds is 1. The van der Waals surface area contributed by atoms with Crippen LogP contribution in [0.2, 0.25) is 0 Å². The fourth-order valence-corrected chi connectivity index (χ4v) is 4.58. The molecule has 0 aliphatic carbocycles. The van der Waals surface area contributed by atoms with E-state index in [4.69, 9.17) is 17.0 Å². The molecular weight excluding hydrogens is 336 g/mol. The van der Waals surface area contributed by atoms with Gasteiger partial charge in [0.2, 0.25) is 0 Å². The van der Waals surface area contributed by atoms with Crippen LogP contribution in [0.1, 0.15) is 44.4 Å². The van der Waals surface area contributed by atoms with Crippen LogP contribution in [0.5, 0.6) is 5.75 Å². The van der Waals surface area contributed by atoms with Gasteiger partial charge in [-0.05, 0) is 67.5 Å². The number of thiocarbonyl (C=S) groups is 1. The molecule has 2 bridgehead atoms. The highest BCUT2D eigenvalue weighted by atomic mass is 79.9. The lowest BCUT2D eigenvalue weighted by Gasteiger charge is -2.54. The minimum atomic E-state index is -0.383. The van der Waals surface area contributed by atoms with Gasteiger partial charge in [0.25, 0.3) is 0 Å². The first kappa shape index (κ1) is 14.1. The summed E-state index contributed by atoms with van der Waals surface area (Å²) < 4.78 is 7.39. The summed E-state index contributed by atoms with van der Waals surface area (Å²) in [6.45, 7) is 8.51. The monoisotopic (exact) mass is 354 g/mol. The van der Waals surface area contributed by atoms with Crippen LogP contribution < -0.4 is 10.1 Å². The van der Waals surface area contributed by atoms with E-state index in [-0.39, 0.29) is 11.8 Å². The first-order valence-corrected chi connectivity index (χ1v) is 8.11. The molecule has 1 N–H and O–H groups in total. The standard InChI is InChI=1S/C15H19BrN2OS/c1-8(2)18-14(20)17-12-7-15(18,4)19-13-10(12)5-9(3)6-11(13)16/h5-6,8,12H,7H2,1-4H3,(H,17,20). The normalized spacial score (nSPS) is 28.0. The molecule has 1 aromatic rings. The lowest BCUT2D eigenvalue weighted by molar-refractivity contribution is -0.0813. The van der Waals surface area contributed by atoms with Crippen LogP contribution in [-0.2, 0) is 0 Å². The van der Waals surface area contributed by atoms with E-state index in [0.29, 0.717) is 6.04 Å². The number of nitrogens with one attached hydrogen (secondary N) is 1. The van der Waals surface area contributed by atoms with Crippen molar-refractivity contribution in [1.82, 2.24) is 10.2 Å². The Bertz CT molecular complexity index is 589. The van der Waals surface area contributed by atoms with Gasteiger partial charge in [-0.25, -0.2) is 0 Å². The van der Waals surface area contributed by atoms with Crippen LogP contribution in [-0.4, -0.2) is 21.8 Å². The maximum atomic E-state index is 6.37. The molecule has 0 aromatic heterocycles. The van der Waals surface area contributed by atoms with Gasteiger partial charge in [0, 0.05) is 18.0 Å². The molecule has 108 valence electrons. The molecule has 2 aliphatic rings. The van der Waals surface area contributed by atoms with Crippen LogP contribution in [0.15, 0.2) is 16.6 Å². The summed E-state index contributed by atoms with van der Waals surface area (Å²) in [6.07, 6.45) is 0.897. The number of benzene rings is 1. The maximum absolute atomic E-state index is 6.37. The van der Waals surface area contributed by atoms with Crippen molar-refractivity contribution in [3.8, 4) is 5.75 Å². The van der Waals surface area contributed by atoms with Crippen molar-refractivity contribution < 1.29 is 4.74 Å². The van der Waals surface area contributed by atoms with Gasteiger partial charge < -0.3 is 15.0 Å². The summed E-state index contributed by atoms with van der Waals surface area (Å²) >= 11 is 9.18. The second-order valence-corrected chi connectivity index (χ2v) is 7.35. The van der Waals surface area contributed by atoms with Crippen molar-refractivity contribution in [2.45, 2.75) is 51.9 Å². The van der Waals surface area contributed by atoms with Gasteiger partial charge in [-0.15, -0.1) is 0 Å². The molecule has 2 aliphatic heterocycles. The van der Waals surface area contributed by atoms with Gasteiger partial charge in [0.05, 0.1) is 10.5 Å². The molecule has 1 fully saturated rings. The number of nitrogens with zero attached hydrogens (tertiary/aromatic N) is 1. The smallest absolute Gasteiger partial charge is 0.184 e. The van der Waals surface area contributed by atoms with Crippen LogP contribution in [0.25, 0.3) is 0 Å². The molecule has 2 unspecified atom stereocenters. The zero-order valence-corrected chi connectivity index (χ0v) is 14.6. The molecule has 5 heteroatoms. The predicted octanol–water partition coefficient (Wildman–Crippen LogP) is 3.90. The number of halogens is 1. The molecule has 0 spiro atoms. The van der Waals surface area contributed by atoms with Crippen LogP contribution in [0.4, 0.5) is 0 Å². The van der Waals surface area contributed by atoms with E-state index in [9.17, 15) is 0 Å². The number of aryl methyl sites for hydroxylation is 1. The Morgan fingerprint density at radius 2 is 2.20 bits per heavy atom. The van der Waals surface area contributed by atoms with Gasteiger partial charge in [0.15, 0.2) is 10.8 Å². The molecule has 1 saturated heterocycles. The first-order chi connectivity index (χ1) is 9.32. The fourth-order valence-electron chi connectivity index (χ4n) is 3.36. The van der Waals surface area contributed by atoms with Gasteiger partial charge >= 0.3 is 0 Å². The first-order valence-electron chi connectivity index (χ1n) is 6.91. The van der Waals surface area contributed by atoms with Crippen molar-refractivity contribution >= 4 is 33.3 Å². The predicted molar refractivity (Wildman–Crippen MR) is 88.0 cm³/mol. The minimum absolute atomic E-state index is 0.224. The molecule has 0 radical (unpaired) electrons. The molecule has 0 saturated carbocycles. The lowest BCUT2D eigenvalue weighted by atomic mass is 9.89. The molecule has 2 heterocycles. The zero-order chi connectivity index (χ0) is 14.7. The van der Waals surface area contributed by atoms with E-state index in [2.05, 4.69) is 66.0 Å². The molecule has 0 amide bonds. The average molecular weight is 355 g/mol. The molecule has 3 nitrogen and oxygen atoms in total. The Balaban J connectivity index is 2.13. The van der Waals surface area contributed by atoms with Crippen molar-refractivity contribution in [2.75, 3.05) is 0 Å². The van der Waals surface area contributed by atoms with Gasteiger partial charge in [-0.2, -0.15) is 0 Å². The van der Waals surface area contributed by atoms with Crippen molar-refractivity contribution in [2.24, 2.45) is 0 Å². The fraction of sp³-hybridized carbons (Fsp3) is 0.533. The molecule has 3 rings (SSSR count). The minimum Gasteiger partial charge on any atom is -0.467 e. The third kappa shape index (κ3) is 2.02. The summed E-state index contributed by atoms with van der Waals surface area (Å²) in [6, 6.07) is 4.81. The van der Waals surface area contributed by atoms with E-state index >= 15 is 0 Å². The van der Waals surface area contributed by atoms with E-state index in [1.54, 1.807) is 0 Å². The van der Waals surface area contributed by atoms with E-state index in [1.807, 2.05) is 0 Å². The third-order valence-electron chi connectivity index (χ3n) is 4.04. The Morgan fingerprint density at radius 3 is 2.85 bits per heavy atom. The summed E-state index contributed by atoms with van der Waals surface area (Å²) in [4.78, 5) is 2.16. The largest absolute Gasteiger partial charge is 0.467 e. The van der Waals surface area contributed by atoms with E-state index in [0.717, 1.165) is 21.8 Å². The summed E-state index contributed by atoms with van der Waals surface area (Å²) in [5.74, 6) is 0.940. The highest BCUT2D eigenvalue weighted by Crippen LogP contribution is 2.47. The van der Waals surface area contributed by atoms with Gasteiger partial charge in [-0.1, -0.05) is 6.07 Å². The van der Waals surface area contributed by atoms with Crippen LogP contribution >= 0.6 is 28.1 Å². The molecule has 2 atom stereocenters. The SMILES string of the molecule is Cc1cc(Br)c2c(c1)C1CC(C)(O2)N(C(C)C)C(=S)N1. The van der Waals surface area contributed by atoms with E-state index < -0.39 is 0 Å². The van der Waals surface area contributed by atoms with Gasteiger partial charge in [-0.3, -0.25) is 0 Å². The third-order valence-corrected chi connectivity index (χ3v) is 4.94. The Hall–Kier alpha value is -0.810. The topological polar surface area (TPSA) is 24.5 Å². The second-order valence-electron chi connectivity index (χ2n) is 6.11. The van der Waals surface area contributed by atoms with Crippen LogP contribution in [0, 0.1) is 6.92 Å². The highest BCUT2D eigenvalue weighted by molar-refractivity contribution is 9.10. The maximum Gasteiger partial charge on any atom is 0.184 e. The number of fused-ring (bicyclic) bond motifs is 4. The van der Waals surface area contributed by atoms with Crippen molar-refractivity contribution in [3.63, 3.8) is 0 Å². The Morgan fingerprint density at radius 1 is 1.50 bits per heavy atom. The average Bonchev–Trinajstić information content (AvgIpc) is 2.29. The highest BCUT2D eigenvalue weighted by Gasteiger charge is 2.48. The quantitative estimate of drug-likeness (QED) is 0.773. The van der Waals surface area contributed by atoms with Gasteiger partial charge in [0.1, 0.15) is 5.75 Å². The molecular formula is C15H19BrN2OS. The molecule has 1 aromatic carbocycles.